The van der Waals surface area contributed by atoms with E-state index < -0.39 is 12.1 Å². The number of carbonyl (C=O) groups excluding carboxylic acids is 4. The monoisotopic (exact) mass is 577 g/mol. The van der Waals surface area contributed by atoms with Crippen LogP contribution in [0.2, 0.25) is 0 Å². The topological polar surface area (TPSA) is 114 Å². The Morgan fingerprint density at radius 2 is 1.34 bits per heavy atom. The minimum atomic E-state index is -0.477. The highest BCUT2D eigenvalue weighted by Gasteiger charge is 2.19. The van der Waals surface area contributed by atoms with Crippen LogP contribution in [0.5, 0.6) is 0 Å². The van der Waals surface area contributed by atoms with E-state index in [1.807, 2.05) is 0 Å². The first kappa shape index (κ1) is 38.1. The molecule has 0 spiro atoms. The average molecular weight is 578 g/mol. The van der Waals surface area contributed by atoms with E-state index in [0.29, 0.717) is 25.7 Å². The fourth-order valence-electron chi connectivity index (χ4n) is 4.55. The van der Waals surface area contributed by atoms with Gasteiger partial charge >= 0.3 is 11.9 Å². The van der Waals surface area contributed by atoms with Gasteiger partial charge in [-0.25, -0.2) is 9.59 Å². The first-order chi connectivity index (χ1) is 19.9. The highest BCUT2D eigenvalue weighted by molar-refractivity contribution is 5.78. The number of esters is 2. The summed E-state index contributed by atoms with van der Waals surface area (Å²) in [5, 5.41) is 4.91. The number of nitrogens with one attached hydrogen (secondary N) is 2. The van der Waals surface area contributed by atoms with Gasteiger partial charge in [-0.1, -0.05) is 102 Å². The first-order valence-electron chi connectivity index (χ1n) is 15.2. The largest absolute Gasteiger partial charge is 0.467 e. The van der Waals surface area contributed by atoms with Crippen LogP contribution in [0, 0.1) is 5.92 Å². The molecule has 0 aliphatic carbocycles. The molecule has 3 atom stereocenters. The van der Waals surface area contributed by atoms with Crippen molar-refractivity contribution in [3.8, 4) is 0 Å². The Bertz CT molecular complexity index is 770. The summed E-state index contributed by atoms with van der Waals surface area (Å²) >= 11 is 0. The molecule has 2 unspecified atom stereocenters. The summed E-state index contributed by atoms with van der Waals surface area (Å²) < 4.78 is 9.12. The van der Waals surface area contributed by atoms with Gasteiger partial charge in [0.1, 0.15) is 12.1 Å². The van der Waals surface area contributed by atoms with Crippen LogP contribution in [-0.4, -0.2) is 69.1 Å². The van der Waals surface area contributed by atoms with E-state index >= 15 is 0 Å². The number of hydrogen-bond acceptors (Lipinski definition) is 7. The lowest BCUT2D eigenvalue weighted by molar-refractivity contribution is -0.144. The molecule has 0 radical (unpaired) electrons. The third-order valence-electron chi connectivity index (χ3n) is 6.96. The van der Waals surface area contributed by atoms with Crippen molar-refractivity contribution in [2.45, 2.75) is 110 Å². The predicted molar refractivity (Wildman–Crippen MR) is 163 cm³/mol. The minimum absolute atomic E-state index is 0.367. The van der Waals surface area contributed by atoms with Crippen molar-refractivity contribution >= 4 is 24.8 Å². The number of rotatable bonds is 18. The summed E-state index contributed by atoms with van der Waals surface area (Å²) in [6.45, 7) is 10.3. The molecule has 2 rings (SSSR count). The molecule has 0 saturated carbocycles. The zero-order valence-corrected chi connectivity index (χ0v) is 26.1. The summed E-state index contributed by atoms with van der Waals surface area (Å²) in [5.74, 6) is 0.158. The van der Waals surface area contributed by atoms with Gasteiger partial charge in [-0.05, 0) is 37.3 Å². The lowest BCUT2D eigenvalue weighted by Crippen LogP contribution is -2.36. The maximum absolute atomic E-state index is 11.1. The molecular weight excluding hydrogens is 522 g/mol. The second-order valence-corrected chi connectivity index (χ2v) is 10.5. The van der Waals surface area contributed by atoms with E-state index in [-0.39, 0.29) is 11.9 Å². The van der Waals surface area contributed by atoms with Gasteiger partial charge < -0.3 is 20.1 Å². The van der Waals surface area contributed by atoms with Gasteiger partial charge in [0.2, 0.25) is 12.8 Å². The second kappa shape index (κ2) is 26.0. The van der Waals surface area contributed by atoms with Crippen LogP contribution in [0.15, 0.2) is 30.3 Å². The molecule has 41 heavy (non-hydrogen) atoms. The number of nitrogens with zero attached hydrogens (tertiary/aromatic N) is 1. The zero-order chi connectivity index (χ0) is 30.7. The van der Waals surface area contributed by atoms with Crippen molar-refractivity contribution in [2.24, 2.45) is 5.92 Å². The molecule has 1 heterocycles. The SMILES string of the molecule is CC1CCN(Cc2ccccc2)C1.CCCCCCC(NC=O)C(=O)OC.CCCCCC[C@H](NC=O)C(=O)OC. The Morgan fingerprint density at radius 1 is 0.854 bits per heavy atom. The van der Waals surface area contributed by atoms with E-state index in [1.165, 1.54) is 39.3 Å². The summed E-state index contributed by atoms with van der Waals surface area (Å²) in [4.78, 5) is 45.2. The van der Waals surface area contributed by atoms with Crippen molar-refractivity contribution in [3.63, 3.8) is 0 Å². The fraction of sp³-hybridized carbons (Fsp3) is 0.688. The van der Waals surface area contributed by atoms with Crippen molar-refractivity contribution in [1.82, 2.24) is 15.5 Å². The van der Waals surface area contributed by atoms with Crippen molar-refractivity contribution in [2.75, 3.05) is 27.3 Å². The minimum Gasteiger partial charge on any atom is -0.467 e. The van der Waals surface area contributed by atoms with Crippen LogP contribution >= 0.6 is 0 Å². The van der Waals surface area contributed by atoms with Crippen molar-refractivity contribution < 1.29 is 28.7 Å². The number of carbonyl (C=O) groups is 4. The fourth-order valence-corrected chi connectivity index (χ4v) is 4.55. The lowest BCUT2D eigenvalue weighted by atomic mass is 10.1. The highest BCUT2D eigenvalue weighted by Crippen LogP contribution is 2.17. The van der Waals surface area contributed by atoms with Gasteiger partial charge in [0.25, 0.3) is 0 Å². The van der Waals surface area contributed by atoms with Gasteiger partial charge in [-0.15, -0.1) is 0 Å². The number of methoxy groups -OCH3 is 2. The number of hydrogen-bond donors (Lipinski definition) is 2. The Kier molecular flexibility index (Phi) is 24.1. The number of ether oxygens (including phenoxy) is 2. The van der Waals surface area contributed by atoms with Crippen LogP contribution in [0.25, 0.3) is 0 Å². The number of likely N-dealkylation sites (tertiary alicyclic amines) is 1. The maximum atomic E-state index is 11.1. The quantitative estimate of drug-likeness (QED) is 0.143. The molecule has 1 aliphatic rings. The molecule has 9 nitrogen and oxygen atoms in total. The molecule has 1 aliphatic heterocycles. The standard InChI is InChI=1S/C12H17N.2C10H19NO3/c1-11-7-8-13(9-11)10-12-5-3-2-4-6-12;2*1-3-4-5-6-7-9(11-8-12)10(13)14-2/h2-6,11H,7-10H2,1H3;2*8-9H,3-7H2,1-2H3,(H,11,12)/t;9-;/m.0./s1. The predicted octanol–water partition coefficient (Wildman–Crippen LogP) is 5.02. The normalized spacial score (nSPS) is 15.6. The summed E-state index contributed by atoms with van der Waals surface area (Å²) in [7, 11) is 2.65. The smallest absolute Gasteiger partial charge is 0.328 e. The molecular formula is C32H55N3O6. The summed E-state index contributed by atoms with van der Waals surface area (Å²) in [6, 6.07) is 9.79. The average Bonchev–Trinajstić information content (AvgIpc) is 3.40. The van der Waals surface area contributed by atoms with Gasteiger partial charge in [0, 0.05) is 13.1 Å². The van der Waals surface area contributed by atoms with Crippen LogP contribution in [0.4, 0.5) is 0 Å². The Morgan fingerprint density at radius 3 is 1.71 bits per heavy atom. The molecule has 234 valence electrons. The number of benzene rings is 1. The van der Waals surface area contributed by atoms with Crippen LogP contribution in [0.1, 0.15) is 97.0 Å². The second-order valence-electron chi connectivity index (χ2n) is 10.5. The zero-order valence-electron chi connectivity index (χ0n) is 26.1. The lowest BCUT2D eigenvalue weighted by Gasteiger charge is -2.14. The van der Waals surface area contributed by atoms with Crippen molar-refractivity contribution in [1.29, 1.82) is 0 Å². The van der Waals surface area contributed by atoms with E-state index in [1.54, 1.807) is 0 Å². The Labute approximate surface area is 248 Å². The van der Waals surface area contributed by atoms with E-state index in [9.17, 15) is 19.2 Å². The molecule has 9 heteroatoms. The number of amides is 2. The van der Waals surface area contributed by atoms with Gasteiger partial charge in [0.05, 0.1) is 14.2 Å². The van der Waals surface area contributed by atoms with Gasteiger partial charge in [-0.2, -0.15) is 0 Å². The third kappa shape index (κ3) is 19.7. The molecule has 1 fully saturated rings. The molecule has 2 amide bonds. The molecule has 1 saturated heterocycles. The molecule has 1 aromatic carbocycles. The summed E-state index contributed by atoms with van der Waals surface area (Å²) in [6.07, 6.45) is 12.5. The Hall–Kier alpha value is -2.94. The highest BCUT2D eigenvalue weighted by atomic mass is 16.5. The van der Waals surface area contributed by atoms with E-state index in [0.717, 1.165) is 63.8 Å². The van der Waals surface area contributed by atoms with Crippen molar-refractivity contribution in [3.05, 3.63) is 35.9 Å². The van der Waals surface area contributed by atoms with E-state index in [2.05, 4.69) is 76.1 Å². The molecule has 0 aromatic heterocycles. The van der Waals surface area contributed by atoms with Crippen LogP contribution in [0.3, 0.4) is 0 Å². The number of unbranched alkanes of at least 4 members (excludes halogenated alkanes) is 6. The summed E-state index contributed by atoms with van der Waals surface area (Å²) in [5.41, 5.74) is 1.44. The molecule has 1 aromatic rings. The molecule has 0 bridgehead atoms. The maximum Gasteiger partial charge on any atom is 0.328 e. The van der Waals surface area contributed by atoms with Gasteiger partial charge in [0.15, 0.2) is 0 Å². The first-order valence-corrected chi connectivity index (χ1v) is 15.2. The Balaban J connectivity index is 0.000000585. The van der Waals surface area contributed by atoms with Gasteiger partial charge in [-0.3, -0.25) is 14.5 Å². The third-order valence-corrected chi connectivity index (χ3v) is 6.96. The van der Waals surface area contributed by atoms with Crippen LogP contribution in [-0.2, 0) is 35.2 Å². The van der Waals surface area contributed by atoms with Crippen LogP contribution < -0.4 is 10.6 Å². The van der Waals surface area contributed by atoms with E-state index in [4.69, 9.17) is 0 Å². The molecule has 2 N–H and O–H groups in total.